The van der Waals surface area contributed by atoms with Gasteiger partial charge in [0.1, 0.15) is 0 Å². The van der Waals surface area contributed by atoms with E-state index in [-0.39, 0.29) is 5.41 Å². The molecule has 1 aromatic heterocycles. The summed E-state index contributed by atoms with van der Waals surface area (Å²) in [6, 6.07) is 6.47. The zero-order chi connectivity index (χ0) is 13.3. The standard InChI is InChI=1S/C13H18N4S/c1-9-6-7-10(13(2,3)4)8-11(9)17-12(18-5)14-15-16-17/h6-8H,1-5H3. The lowest BCUT2D eigenvalue weighted by Gasteiger charge is -2.20. The quantitative estimate of drug-likeness (QED) is 0.780. The Balaban J connectivity index is 2.57. The number of benzene rings is 1. The maximum absolute atomic E-state index is 4.08. The Bertz CT molecular complexity index is 554. The summed E-state index contributed by atoms with van der Waals surface area (Å²) in [6.07, 6.45) is 1.98. The number of aromatic nitrogens is 4. The van der Waals surface area contributed by atoms with E-state index < -0.39 is 0 Å². The van der Waals surface area contributed by atoms with Crippen molar-refractivity contribution in [3.05, 3.63) is 29.3 Å². The van der Waals surface area contributed by atoms with Gasteiger partial charge in [0.15, 0.2) is 0 Å². The fraction of sp³-hybridized carbons (Fsp3) is 0.462. The van der Waals surface area contributed by atoms with Crippen molar-refractivity contribution in [1.29, 1.82) is 0 Å². The molecule has 1 aromatic carbocycles. The second kappa shape index (κ2) is 4.72. The molecule has 4 nitrogen and oxygen atoms in total. The number of hydrogen-bond acceptors (Lipinski definition) is 4. The Hall–Kier alpha value is -1.36. The lowest BCUT2D eigenvalue weighted by molar-refractivity contribution is 0.588. The van der Waals surface area contributed by atoms with Crippen LogP contribution in [0.1, 0.15) is 31.9 Å². The van der Waals surface area contributed by atoms with Crippen LogP contribution in [0.4, 0.5) is 0 Å². The van der Waals surface area contributed by atoms with E-state index in [1.165, 1.54) is 11.1 Å². The molecule has 2 aromatic rings. The molecule has 0 aliphatic carbocycles. The van der Waals surface area contributed by atoms with Gasteiger partial charge in [-0.05, 0) is 46.2 Å². The van der Waals surface area contributed by atoms with Crippen molar-refractivity contribution < 1.29 is 0 Å². The van der Waals surface area contributed by atoms with Gasteiger partial charge < -0.3 is 0 Å². The molecule has 0 aliphatic heterocycles. The van der Waals surface area contributed by atoms with Gasteiger partial charge in [0.25, 0.3) is 0 Å². The van der Waals surface area contributed by atoms with Gasteiger partial charge in [-0.1, -0.05) is 44.7 Å². The minimum Gasteiger partial charge on any atom is -0.187 e. The van der Waals surface area contributed by atoms with Crippen LogP contribution in [0.3, 0.4) is 0 Å². The minimum atomic E-state index is 0.121. The van der Waals surface area contributed by atoms with Crippen LogP contribution in [0.5, 0.6) is 0 Å². The van der Waals surface area contributed by atoms with Crippen LogP contribution in [0.25, 0.3) is 5.69 Å². The Labute approximate surface area is 112 Å². The summed E-state index contributed by atoms with van der Waals surface area (Å²) in [5, 5.41) is 12.6. The summed E-state index contributed by atoms with van der Waals surface area (Å²) < 4.78 is 1.80. The second-order valence-electron chi connectivity index (χ2n) is 5.33. The number of nitrogens with zero attached hydrogens (tertiary/aromatic N) is 4. The summed E-state index contributed by atoms with van der Waals surface area (Å²) in [6.45, 7) is 8.69. The van der Waals surface area contributed by atoms with Crippen LogP contribution in [-0.4, -0.2) is 26.5 Å². The number of aryl methyl sites for hydroxylation is 1. The number of thioether (sulfide) groups is 1. The lowest BCUT2D eigenvalue weighted by atomic mass is 9.86. The number of rotatable bonds is 2. The Morgan fingerprint density at radius 1 is 1.22 bits per heavy atom. The lowest BCUT2D eigenvalue weighted by Crippen LogP contribution is -2.12. The van der Waals surface area contributed by atoms with Crippen molar-refractivity contribution in [3.8, 4) is 5.69 Å². The van der Waals surface area contributed by atoms with E-state index in [1.54, 1.807) is 16.4 Å². The zero-order valence-corrected chi connectivity index (χ0v) is 12.2. The zero-order valence-electron chi connectivity index (χ0n) is 11.4. The molecular weight excluding hydrogens is 244 g/mol. The van der Waals surface area contributed by atoms with Gasteiger partial charge in [0.05, 0.1) is 5.69 Å². The van der Waals surface area contributed by atoms with Crippen molar-refractivity contribution in [1.82, 2.24) is 20.2 Å². The van der Waals surface area contributed by atoms with Crippen LogP contribution in [0.2, 0.25) is 0 Å². The van der Waals surface area contributed by atoms with E-state index in [0.29, 0.717) is 0 Å². The average Bonchev–Trinajstić information content (AvgIpc) is 2.76. The fourth-order valence-corrected chi connectivity index (χ4v) is 2.19. The van der Waals surface area contributed by atoms with E-state index >= 15 is 0 Å². The Morgan fingerprint density at radius 2 is 1.94 bits per heavy atom. The van der Waals surface area contributed by atoms with Crippen molar-refractivity contribution in [2.75, 3.05) is 6.26 Å². The van der Waals surface area contributed by atoms with Crippen molar-refractivity contribution >= 4 is 11.8 Å². The molecular formula is C13H18N4S. The molecule has 18 heavy (non-hydrogen) atoms. The topological polar surface area (TPSA) is 43.6 Å². The molecule has 0 atom stereocenters. The molecule has 5 heteroatoms. The summed E-state index contributed by atoms with van der Waals surface area (Å²) in [7, 11) is 0. The third-order valence-electron chi connectivity index (χ3n) is 2.93. The summed E-state index contributed by atoms with van der Waals surface area (Å²) in [5.74, 6) is 0. The van der Waals surface area contributed by atoms with Crippen molar-refractivity contribution in [3.63, 3.8) is 0 Å². The first-order valence-electron chi connectivity index (χ1n) is 5.87. The summed E-state index contributed by atoms with van der Waals surface area (Å²) in [4.78, 5) is 0. The predicted molar refractivity (Wildman–Crippen MR) is 74.4 cm³/mol. The highest BCUT2D eigenvalue weighted by Gasteiger charge is 2.17. The van der Waals surface area contributed by atoms with Crippen LogP contribution in [0.15, 0.2) is 23.4 Å². The molecule has 0 spiro atoms. The van der Waals surface area contributed by atoms with Crippen LogP contribution in [-0.2, 0) is 5.41 Å². The number of hydrogen-bond donors (Lipinski definition) is 0. The molecule has 0 radical (unpaired) electrons. The smallest absolute Gasteiger partial charge is 0.187 e. The van der Waals surface area contributed by atoms with Crippen molar-refractivity contribution in [2.24, 2.45) is 0 Å². The molecule has 0 unspecified atom stereocenters. The summed E-state index contributed by atoms with van der Waals surface area (Å²) >= 11 is 1.55. The highest BCUT2D eigenvalue weighted by atomic mass is 32.2. The van der Waals surface area contributed by atoms with E-state index in [1.807, 2.05) is 6.26 Å². The third-order valence-corrected chi connectivity index (χ3v) is 3.55. The van der Waals surface area contributed by atoms with Crippen molar-refractivity contribution in [2.45, 2.75) is 38.3 Å². The van der Waals surface area contributed by atoms with Gasteiger partial charge in [-0.15, -0.1) is 5.10 Å². The van der Waals surface area contributed by atoms with Gasteiger partial charge in [0.2, 0.25) is 5.16 Å². The van der Waals surface area contributed by atoms with Gasteiger partial charge in [-0.2, -0.15) is 4.68 Å². The molecule has 0 bridgehead atoms. The van der Waals surface area contributed by atoms with E-state index in [0.717, 1.165) is 10.8 Å². The first-order chi connectivity index (χ1) is 8.43. The maximum Gasteiger partial charge on any atom is 0.213 e. The van der Waals surface area contributed by atoms with Gasteiger partial charge >= 0.3 is 0 Å². The SMILES string of the molecule is CSc1nnnn1-c1cc(C(C)(C)C)ccc1C. The monoisotopic (exact) mass is 262 g/mol. The summed E-state index contributed by atoms with van der Waals surface area (Å²) in [5.41, 5.74) is 3.63. The highest BCUT2D eigenvalue weighted by molar-refractivity contribution is 7.98. The maximum atomic E-state index is 4.08. The van der Waals surface area contributed by atoms with Gasteiger partial charge in [-0.25, -0.2) is 0 Å². The first-order valence-corrected chi connectivity index (χ1v) is 7.10. The Morgan fingerprint density at radius 3 is 2.56 bits per heavy atom. The normalized spacial score (nSPS) is 11.8. The van der Waals surface area contributed by atoms with E-state index in [9.17, 15) is 0 Å². The minimum absolute atomic E-state index is 0.121. The largest absolute Gasteiger partial charge is 0.213 e. The number of tetrazole rings is 1. The van der Waals surface area contributed by atoms with Crippen LogP contribution >= 0.6 is 11.8 Å². The second-order valence-corrected chi connectivity index (χ2v) is 6.10. The predicted octanol–water partition coefficient (Wildman–Crippen LogP) is 2.99. The molecule has 2 rings (SSSR count). The third kappa shape index (κ3) is 2.41. The molecule has 0 amide bonds. The average molecular weight is 262 g/mol. The molecule has 1 heterocycles. The van der Waals surface area contributed by atoms with E-state index in [2.05, 4.69) is 61.4 Å². The molecule has 0 saturated carbocycles. The Kier molecular flexibility index (Phi) is 3.43. The van der Waals surface area contributed by atoms with Crippen LogP contribution < -0.4 is 0 Å². The molecule has 0 fully saturated rings. The molecule has 0 aliphatic rings. The first kappa shape index (κ1) is 13.1. The molecule has 96 valence electrons. The fourth-order valence-electron chi connectivity index (χ4n) is 1.76. The van der Waals surface area contributed by atoms with Gasteiger partial charge in [-0.3, -0.25) is 0 Å². The van der Waals surface area contributed by atoms with Crippen LogP contribution in [0, 0.1) is 6.92 Å². The van der Waals surface area contributed by atoms with E-state index in [4.69, 9.17) is 0 Å². The highest BCUT2D eigenvalue weighted by Crippen LogP contribution is 2.27. The van der Waals surface area contributed by atoms with Gasteiger partial charge in [0, 0.05) is 0 Å². The molecule has 0 saturated heterocycles. The molecule has 0 N–H and O–H groups in total.